The van der Waals surface area contributed by atoms with Crippen LogP contribution in [0.25, 0.3) is 0 Å². The Labute approximate surface area is 206 Å². The van der Waals surface area contributed by atoms with Crippen molar-refractivity contribution in [2.24, 2.45) is 0 Å². The number of hydrogen-bond donors (Lipinski definition) is 1. The van der Waals surface area contributed by atoms with Crippen LogP contribution in [0.15, 0.2) is 60.7 Å². The summed E-state index contributed by atoms with van der Waals surface area (Å²) in [6, 6.07) is 16.6. The number of nitrogens with zero attached hydrogens (tertiary/aromatic N) is 1. The van der Waals surface area contributed by atoms with Crippen LogP contribution in [0.3, 0.4) is 0 Å². The molecule has 5 nitrogen and oxygen atoms in total. The molecule has 0 saturated carbocycles. The fourth-order valence-electron chi connectivity index (χ4n) is 4.38. The zero-order valence-electron chi connectivity index (χ0n) is 19.1. The third-order valence-electron chi connectivity index (χ3n) is 5.96. The molecule has 182 valence electrons. The number of carboxylic acid groups (broad SMARTS) is 1. The van der Waals surface area contributed by atoms with E-state index in [1.165, 1.54) is 12.1 Å². The van der Waals surface area contributed by atoms with E-state index in [1.807, 2.05) is 37.3 Å². The van der Waals surface area contributed by atoms with E-state index in [4.69, 9.17) is 16.3 Å². The van der Waals surface area contributed by atoms with Gasteiger partial charge in [0.2, 0.25) is 5.91 Å². The molecule has 3 aromatic carbocycles. The fourth-order valence-corrected chi connectivity index (χ4v) is 4.50. The van der Waals surface area contributed by atoms with Gasteiger partial charge < -0.3 is 14.7 Å². The highest BCUT2D eigenvalue weighted by atomic mass is 35.5. The molecule has 1 atom stereocenters. The molecule has 0 unspecified atom stereocenters. The first-order valence-electron chi connectivity index (χ1n) is 11.1. The predicted molar refractivity (Wildman–Crippen MR) is 127 cm³/mol. The van der Waals surface area contributed by atoms with Crippen molar-refractivity contribution in [3.8, 4) is 5.75 Å². The average Bonchev–Trinajstić information content (AvgIpc) is 3.12. The molecule has 0 aliphatic carbocycles. The maximum Gasteiger partial charge on any atom is 0.323 e. The molecule has 1 N–H and O–H groups in total. The number of benzene rings is 3. The highest BCUT2D eigenvalue weighted by Crippen LogP contribution is 2.37. The molecular formula is C27H24ClF2NO4. The monoisotopic (exact) mass is 499 g/mol. The Kier molecular flexibility index (Phi) is 7.08. The summed E-state index contributed by atoms with van der Waals surface area (Å²) < 4.78 is 33.9. The van der Waals surface area contributed by atoms with Crippen LogP contribution in [-0.2, 0) is 35.4 Å². The van der Waals surface area contributed by atoms with Crippen LogP contribution in [0.1, 0.15) is 29.2 Å². The molecule has 1 heterocycles. The van der Waals surface area contributed by atoms with Crippen LogP contribution in [-0.4, -0.2) is 34.0 Å². The molecular weight excluding hydrogens is 476 g/mol. The van der Waals surface area contributed by atoms with Gasteiger partial charge in [-0.3, -0.25) is 9.59 Å². The van der Waals surface area contributed by atoms with E-state index in [2.05, 4.69) is 0 Å². The van der Waals surface area contributed by atoms with Crippen molar-refractivity contribution in [3.63, 3.8) is 0 Å². The van der Waals surface area contributed by atoms with E-state index in [-0.39, 0.29) is 18.5 Å². The van der Waals surface area contributed by atoms with Crippen LogP contribution in [0, 0.1) is 11.6 Å². The number of carbonyl (C=O) groups is 2. The van der Waals surface area contributed by atoms with Crippen LogP contribution in [0.2, 0.25) is 5.02 Å². The van der Waals surface area contributed by atoms with Crippen molar-refractivity contribution in [1.29, 1.82) is 0 Å². The number of rotatable bonds is 8. The highest BCUT2D eigenvalue weighted by molar-refractivity contribution is 6.30. The molecule has 1 aliphatic heterocycles. The maximum absolute atomic E-state index is 14.1. The van der Waals surface area contributed by atoms with Gasteiger partial charge >= 0.3 is 5.97 Å². The molecule has 4 rings (SSSR count). The molecule has 0 aromatic heterocycles. The summed E-state index contributed by atoms with van der Waals surface area (Å²) in [6.07, 6.45) is 1.24. The number of aliphatic carboxylic acids is 1. The lowest BCUT2D eigenvalue weighted by atomic mass is 9.91. The van der Waals surface area contributed by atoms with E-state index in [9.17, 15) is 23.5 Å². The first-order chi connectivity index (χ1) is 16.6. The van der Waals surface area contributed by atoms with E-state index in [0.29, 0.717) is 23.4 Å². The van der Waals surface area contributed by atoms with Gasteiger partial charge in [0.1, 0.15) is 17.9 Å². The second-order valence-electron chi connectivity index (χ2n) is 9.01. The molecule has 3 aromatic rings. The SMILES string of the molecule is C[C@@]1(Cc2ccc(Cl)cc2)Cc2cc(CC(=O)N(CC(=O)O)Cc3cccc(F)c3F)ccc2O1. The number of fused-ring (bicyclic) bond motifs is 1. The number of ether oxygens (including phenoxy) is 1. The second kappa shape index (κ2) is 10.0. The number of carbonyl (C=O) groups excluding carboxylic acids is 1. The van der Waals surface area contributed by atoms with Gasteiger partial charge in [-0.05, 0) is 47.9 Å². The summed E-state index contributed by atoms with van der Waals surface area (Å²) in [6.45, 7) is 1.05. The summed E-state index contributed by atoms with van der Waals surface area (Å²) in [5, 5.41) is 9.90. The minimum Gasteiger partial charge on any atom is -0.487 e. The lowest BCUT2D eigenvalue weighted by Gasteiger charge is -2.24. The summed E-state index contributed by atoms with van der Waals surface area (Å²) in [5.41, 5.74) is 2.19. The summed E-state index contributed by atoms with van der Waals surface area (Å²) in [5.74, 6) is -3.15. The van der Waals surface area contributed by atoms with Gasteiger partial charge in [0.25, 0.3) is 0 Å². The predicted octanol–water partition coefficient (Wildman–Crippen LogP) is 5.21. The highest BCUT2D eigenvalue weighted by Gasteiger charge is 2.35. The van der Waals surface area contributed by atoms with Crippen LogP contribution in [0.4, 0.5) is 8.78 Å². The van der Waals surface area contributed by atoms with Crippen molar-refractivity contribution >= 4 is 23.5 Å². The number of carboxylic acids is 1. The van der Waals surface area contributed by atoms with E-state index >= 15 is 0 Å². The molecule has 1 aliphatic rings. The molecule has 0 bridgehead atoms. The largest absolute Gasteiger partial charge is 0.487 e. The zero-order chi connectivity index (χ0) is 25.2. The topological polar surface area (TPSA) is 66.8 Å². The number of amides is 1. The standard InChI is InChI=1S/C27H24ClF2NO4/c1-27(13-17-5-8-21(28)9-6-17)14-20-11-18(7-10-23(20)35-27)12-24(32)31(16-25(33)34)15-19-3-2-4-22(29)26(19)30/h2-11H,12-16H2,1H3,(H,33,34)/t27-/m1/s1. The van der Waals surface area contributed by atoms with Gasteiger partial charge in [0, 0.05) is 30.0 Å². The Morgan fingerprint density at radius 2 is 1.80 bits per heavy atom. The van der Waals surface area contributed by atoms with Gasteiger partial charge in [-0.1, -0.05) is 48.0 Å². The molecule has 0 fully saturated rings. The van der Waals surface area contributed by atoms with Gasteiger partial charge in [-0.25, -0.2) is 8.78 Å². The van der Waals surface area contributed by atoms with Gasteiger partial charge in [0.05, 0.1) is 6.42 Å². The first-order valence-corrected chi connectivity index (χ1v) is 11.5. The summed E-state index contributed by atoms with van der Waals surface area (Å²) in [4.78, 5) is 25.3. The Morgan fingerprint density at radius 3 is 2.51 bits per heavy atom. The number of hydrogen-bond acceptors (Lipinski definition) is 3. The normalized spacial score (nSPS) is 16.5. The molecule has 35 heavy (non-hydrogen) atoms. The minimum absolute atomic E-state index is 0.0780. The van der Waals surface area contributed by atoms with Crippen LogP contribution in [0.5, 0.6) is 5.75 Å². The van der Waals surface area contributed by atoms with Crippen molar-refractivity contribution in [1.82, 2.24) is 4.90 Å². The van der Waals surface area contributed by atoms with Crippen LogP contribution < -0.4 is 4.74 Å². The van der Waals surface area contributed by atoms with Crippen molar-refractivity contribution in [3.05, 3.63) is 99.6 Å². The van der Waals surface area contributed by atoms with Crippen LogP contribution >= 0.6 is 11.6 Å². The van der Waals surface area contributed by atoms with Crippen molar-refractivity contribution < 1.29 is 28.2 Å². The van der Waals surface area contributed by atoms with Gasteiger partial charge in [0.15, 0.2) is 11.6 Å². The first kappa shape index (κ1) is 24.7. The number of halogens is 3. The third kappa shape index (κ3) is 5.98. The third-order valence-corrected chi connectivity index (χ3v) is 6.22. The zero-order valence-corrected chi connectivity index (χ0v) is 19.8. The smallest absolute Gasteiger partial charge is 0.323 e. The Balaban J connectivity index is 1.47. The Morgan fingerprint density at radius 1 is 1.09 bits per heavy atom. The van der Waals surface area contributed by atoms with E-state index in [1.54, 1.807) is 12.1 Å². The lowest BCUT2D eigenvalue weighted by molar-refractivity contribution is -0.144. The molecule has 8 heteroatoms. The maximum atomic E-state index is 14.1. The quantitative estimate of drug-likeness (QED) is 0.462. The van der Waals surface area contributed by atoms with E-state index < -0.39 is 35.7 Å². The average molecular weight is 500 g/mol. The van der Waals surface area contributed by atoms with Crippen molar-refractivity contribution in [2.75, 3.05) is 6.54 Å². The second-order valence-corrected chi connectivity index (χ2v) is 9.44. The minimum atomic E-state index is -1.24. The fraction of sp³-hybridized carbons (Fsp3) is 0.259. The summed E-state index contributed by atoms with van der Waals surface area (Å²) in [7, 11) is 0. The Bertz CT molecular complexity index is 1260. The Hall–Kier alpha value is -3.45. The molecule has 0 radical (unpaired) electrons. The van der Waals surface area contributed by atoms with Gasteiger partial charge in [-0.15, -0.1) is 0 Å². The van der Waals surface area contributed by atoms with E-state index in [0.717, 1.165) is 27.8 Å². The van der Waals surface area contributed by atoms with Gasteiger partial charge in [-0.2, -0.15) is 0 Å². The summed E-state index contributed by atoms with van der Waals surface area (Å²) >= 11 is 5.97. The lowest BCUT2D eigenvalue weighted by Crippen LogP contribution is -2.36. The van der Waals surface area contributed by atoms with Crippen molar-refractivity contribution in [2.45, 2.75) is 38.3 Å². The molecule has 0 spiro atoms. The molecule has 0 saturated heterocycles. The molecule has 1 amide bonds.